The molecule has 1 aromatic rings. The molecule has 0 aromatic heterocycles. The van der Waals surface area contributed by atoms with Crippen LogP contribution in [0.4, 0.5) is 0 Å². The second kappa shape index (κ2) is 6.58. The van der Waals surface area contributed by atoms with Crippen molar-refractivity contribution in [2.45, 2.75) is 13.8 Å². The van der Waals surface area contributed by atoms with Crippen molar-refractivity contribution in [3.8, 4) is 5.75 Å². The number of ether oxygens (including phenoxy) is 2. The molecule has 17 heavy (non-hydrogen) atoms. The molecule has 0 saturated carbocycles. The zero-order valence-electron chi connectivity index (χ0n) is 10.1. The predicted molar refractivity (Wildman–Crippen MR) is 65.6 cm³/mol. The molecule has 0 fully saturated rings. The number of aryl methyl sites for hydroxylation is 1. The Morgan fingerprint density at radius 2 is 2.24 bits per heavy atom. The van der Waals surface area contributed by atoms with E-state index in [1.165, 1.54) is 6.08 Å². The Hall–Kier alpha value is -1.97. The maximum absolute atomic E-state index is 11.1. The first-order valence-corrected chi connectivity index (χ1v) is 5.44. The molecule has 0 heterocycles. The fourth-order valence-corrected chi connectivity index (χ4v) is 1.25. The lowest BCUT2D eigenvalue weighted by atomic mass is 10.2. The topological polar surface area (TPSA) is 61.5 Å². The maximum Gasteiger partial charge on any atom is 0.332 e. The summed E-state index contributed by atoms with van der Waals surface area (Å²) in [6, 6.07) is 7.61. The van der Waals surface area contributed by atoms with Crippen LogP contribution < -0.4 is 10.5 Å². The molecule has 0 atom stereocenters. The quantitative estimate of drug-likeness (QED) is 0.624. The molecule has 0 aliphatic carbocycles. The highest BCUT2D eigenvalue weighted by atomic mass is 16.5. The molecular formula is C13H17NO3. The summed E-state index contributed by atoms with van der Waals surface area (Å²) < 4.78 is 10.2. The van der Waals surface area contributed by atoms with Crippen molar-refractivity contribution in [1.82, 2.24) is 0 Å². The Kier molecular flexibility index (Phi) is 5.07. The summed E-state index contributed by atoms with van der Waals surface area (Å²) in [7, 11) is 0. The van der Waals surface area contributed by atoms with Gasteiger partial charge in [-0.25, -0.2) is 4.79 Å². The van der Waals surface area contributed by atoms with Gasteiger partial charge >= 0.3 is 5.97 Å². The zero-order chi connectivity index (χ0) is 12.7. The second-order valence-corrected chi connectivity index (χ2v) is 3.58. The number of carbonyl (C=O) groups is 1. The van der Waals surface area contributed by atoms with Crippen LogP contribution in [-0.2, 0) is 9.53 Å². The summed E-state index contributed by atoms with van der Waals surface area (Å²) >= 11 is 0. The number of hydrogen-bond acceptors (Lipinski definition) is 4. The van der Waals surface area contributed by atoms with Gasteiger partial charge in [-0.05, 0) is 31.5 Å². The van der Waals surface area contributed by atoms with Gasteiger partial charge in [0.1, 0.15) is 12.4 Å². The van der Waals surface area contributed by atoms with E-state index in [2.05, 4.69) is 0 Å². The van der Waals surface area contributed by atoms with E-state index in [-0.39, 0.29) is 6.61 Å². The Labute approximate surface area is 101 Å². The summed E-state index contributed by atoms with van der Waals surface area (Å²) in [5, 5.41) is 0. The van der Waals surface area contributed by atoms with Crippen molar-refractivity contribution in [2.75, 3.05) is 13.2 Å². The molecule has 4 heteroatoms. The third kappa shape index (κ3) is 5.06. The lowest BCUT2D eigenvalue weighted by Crippen LogP contribution is -2.12. The average molecular weight is 235 g/mol. The molecule has 0 bridgehead atoms. The van der Waals surface area contributed by atoms with Crippen molar-refractivity contribution >= 4 is 5.97 Å². The van der Waals surface area contributed by atoms with Crippen LogP contribution in [-0.4, -0.2) is 19.2 Å². The summed E-state index contributed by atoms with van der Waals surface area (Å²) in [4.78, 5) is 11.1. The van der Waals surface area contributed by atoms with Gasteiger partial charge in [-0.3, -0.25) is 0 Å². The minimum absolute atomic E-state index is 0.169. The Bertz CT molecular complexity index is 413. The van der Waals surface area contributed by atoms with Crippen LogP contribution in [0.3, 0.4) is 0 Å². The minimum Gasteiger partial charge on any atom is -0.487 e. The zero-order valence-corrected chi connectivity index (χ0v) is 10.1. The van der Waals surface area contributed by atoms with Crippen molar-refractivity contribution < 1.29 is 14.3 Å². The largest absolute Gasteiger partial charge is 0.487 e. The van der Waals surface area contributed by atoms with Crippen molar-refractivity contribution in [3.63, 3.8) is 0 Å². The van der Waals surface area contributed by atoms with Gasteiger partial charge in [0.15, 0.2) is 0 Å². The van der Waals surface area contributed by atoms with Crippen LogP contribution in [0.2, 0.25) is 0 Å². The van der Waals surface area contributed by atoms with Crippen LogP contribution >= 0.6 is 0 Å². The monoisotopic (exact) mass is 235 g/mol. The Morgan fingerprint density at radius 3 is 2.88 bits per heavy atom. The van der Waals surface area contributed by atoms with Gasteiger partial charge in [-0.2, -0.15) is 0 Å². The van der Waals surface area contributed by atoms with E-state index < -0.39 is 5.97 Å². The molecule has 0 spiro atoms. The number of hydrogen-bond donors (Lipinski definition) is 1. The Balaban J connectivity index is 2.48. The first-order chi connectivity index (χ1) is 8.11. The van der Waals surface area contributed by atoms with Gasteiger partial charge in [-0.1, -0.05) is 12.1 Å². The van der Waals surface area contributed by atoms with E-state index in [1.54, 1.807) is 6.92 Å². The minimum atomic E-state index is -0.446. The van der Waals surface area contributed by atoms with Gasteiger partial charge in [0.05, 0.1) is 12.3 Å². The summed E-state index contributed by atoms with van der Waals surface area (Å²) in [5.74, 6) is 0.281. The fourth-order valence-electron chi connectivity index (χ4n) is 1.25. The van der Waals surface area contributed by atoms with Crippen molar-refractivity contribution in [2.24, 2.45) is 5.73 Å². The van der Waals surface area contributed by atoms with E-state index in [1.807, 2.05) is 31.2 Å². The number of rotatable bonds is 5. The van der Waals surface area contributed by atoms with Gasteiger partial charge in [0.2, 0.25) is 0 Å². The smallest absolute Gasteiger partial charge is 0.332 e. The molecule has 0 saturated heterocycles. The molecule has 92 valence electrons. The number of esters is 1. The molecular weight excluding hydrogens is 218 g/mol. The third-order valence-electron chi connectivity index (χ3n) is 1.98. The maximum atomic E-state index is 11.1. The highest BCUT2D eigenvalue weighted by molar-refractivity contribution is 5.82. The second-order valence-electron chi connectivity index (χ2n) is 3.58. The van der Waals surface area contributed by atoms with E-state index in [9.17, 15) is 4.79 Å². The molecule has 2 N–H and O–H groups in total. The van der Waals surface area contributed by atoms with Crippen LogP contribution in [0.1, 0.15) is 12.5 Å². The van der Waals surface area contributed by atoms with E-state index in [4.69, 9.17) is 15.2 Å². The van der Waals surface area contributed by atoms with Crippen LogP contribution in [0.15, 0.2) is 36.0 Å². The summed E-state index contributed by atoms with van der Waals surface area (Å²) in [6.45, 7) is 4.22. The van der Waals surface area contributed by atoms with Crippen LogP contribution in [0.5, 0.6) is 5.75 Å². The van der Waals surface area contributed by atoms with Crippen molar-refractivity contribution in [3.05, 3.63) is 41.6 Å². The van der Waals surface area contributed by atoms with Crippen molar-refractivity contribution in [1.29, 1.82) is 0 Å². The van der Waals surface area contributed by atoms with Gasteiger partial charge in [-0.15, -0.1) is 0 Å². The van der Waals surface area contributed by atoms with E-state index in [0.29, 0.717) is 12.3 Å². The Morgan fingerprint density at radius 1 is 1.47 bits per heavy atom. The molecule has 1 rings (SSSR count). The fraction of sp³-hybridized carbons (Fsp3) is 0.308. The van der Waals surface area contributed by atoms with Crippen LogP contribution in [0, 0.1) is 6.92 Å². The predicted octanol–water partition coefficient (Wildman–Crippen LogP) is 1.78. The molecule has 0 amide bonds. The molecule has 4 nitrogen and oxygen atoms in total. The SMILES string of the molecule is CCOC(=O)/C=C(\N)COc1cccc(C)c1. The highest BCUT2D eigenvalue weighted by Gasteiger charge is 2.00. The normalized spacial score (nSPS) is 11.1. The summed E-state index contributed by atoms with van der Waals surface area (Å²) in [6.07, 6.45) is 1.24. The van der Waals surface area contributed by atoms with Crippen LogP contribution in [0.25, 0.3) is 0 Å². The molecule has 1 aromatic carbocycles. The standard InChI is InChI=1S/C13H17NO3/c1-3-16-13(15)8-11(14)9-17-12-6-4-5-10(2)7-12/h4-8H,3,9,14H2,1-2H3/b11-8-. The lowest BCUT2D eigenvalue weighted by molar-refractivity contribution is -0.137. The van der Waals surface area contributed by atoms with E-state index >= 15 is 0 Å². The average Bonchev–Trinajstić information content (AvgIpc) is 2.27. The molecule has 0 unspecified atom stereocenters. The lowest BCUT2D eigenvalue weighted by Gasteiger charge is -2.06. The molecule has 0 radical (unpaired) electrons. The number of carbonyl (C=O) groups excluding carboxylic acids is 1. The number of benzene rings is 1. The first-order valence-electron chi connectivity index (χ1n) is 5.44. The van der Waals surface area contributed by atoms with Gasteiger partial charge in [0, 0.05) is 6.08 Å². The van der Waals surface area contributed by atoms with Gasteiger partial charge < -0.3 is 15.2 Å². The highest BCUT2D eigenvalue weighted by Crippen LogP contribution is 2.12. The first kappa shape index (κ1) is 13.1. The summed E-state index contributed by atoms with van der Waals surface area (Å²) in [5.41, 5.74) is 7.07. The number of nitrogens with two attached hydrogens (primary N) is 1. The molecule has 0 aliphatic heterocycles. The molecule has 0 aliphatic rings. The third-order valence-corrected chi connectivity index (χ3v) is 1.98. The van der Waals surface area contributed by atoms with Gasteiger partial charge in [0.25, 0.3) is 0 Å². The van der Waals surface area contributed by atoms with E-state index in [0.717, 1.165) is 11.3 Å².